The molecule has 24 aromatic rings. The van der Waals surface area contributed by atoms with Crippen molar-refractivity contribution in [3.8, 4) is 111 Å². The van der Waals surface area contributed by atoms with Crippen LogP contribution in [0.1, 0.15) is 0 Å². The zero-order chi connectivity index (χ0) is 84.8. The lowest BCUT2D eigenvalue weighted by Gasteiger charge is -2.26. The van der Waals surface area contributed by atoms with E-state index in [1.807, 2.05) is 0 Å². The molecule has 4 heteroatoms. The minimum atomic E-state index is 0.902. The monoisotopic (exact) mass is 1630 g/mol. The maximum absolute atomic E-state index is 6.82. The summed E-state index contributed by atoms with van der Waals surface area (Å²) in [5.41, 5.74) is 33.6. The van der Waals surface area contributed by atoms with Crippen molar-refractivity contribution in [2.45, 2.75) is 0 Å². The van der Waals surface area contributed by atoms with E-state index in [-0.39, 0.29) is 0 Å². The first kappa shape index (κ1) is 76.0. The second kappa shape index (κ2) is 33.0. The number of nitrogens with zero attached hydrogens (tertiary/aromatic N) is 2. The number of benzene rings is 22. The van der Waals surface area contributed by atoms with Gasteiger partial charge in [0.25, 0.3) is 0 Å². The second-order valence-corrected chi connectivity index (χ2v) is 33.0. The van der Waals surface area contributed by atoms with Gasteiger partial charge in [0.1, 0.15) is 22.3 Å². The molecule has 24 rings (SSSR count). The Kier molecular flexibility index (Phi) is 19.6. The van der Waals surface area contributed by atoms with Crippen molar-refractivity contribution in [3.05, 3.63) is 497 Å². The fourth-order valence-electron chi connectivity index (χ4n) is 18.9. The van der Waals surface area contributed by atoms with Gasteiger partial charge < -0.3 is 18.6 Å². The minimum absolute atomic E-state index is 0.902. The van der Waals surface area contributed by atoms with Crippen LogP contribution < -0.4 is 9.80 Å². The van der Waals surface area contributed by atoms with Crippen molar-refractivity contribution in [1.29, 1.82) is 0 Å². The molecule has 0 amide bonds. The average molecular weight is 1630 g/mol. The highest BCUT2D eigenvalue weighted by atomic mass is 16.3. The molecule has 0 unspecified atom stereocenters. The van der Waals surface area contributed by atoms with Gasteiger partial charge in [0, 0.05) is 66.8 Å². The zero-order valence-electron chi connectivity index (χ0n) is 70.1. The fraction of sp³-hybridized carbons (Fsp3) is 0. The highest BCUT2D eigenvalue weighted by Gasteiger charge is 2.24. The molecule has 0 fully saturated rings. The molecule has 0 bridgehead atoms. The van der Waals surface area contributed by atoms with Gasteiger partial charge in [-0.3, -0.25) is 0 Å². The molecule has 0 N–H and O–H groups in total. The Morgan fingerprint density at radius 1 is 0.133 bits per heavy atom. The Labute approximate surface area is 743 Å². The summed E-state index contributed by atoms with van der Waals surface area (Å²) in [6.07, 6.45) is 0. The van der Waals surface area contributed by atoms with Crippen molar-refractivity contribution in [2.75, 3.05) is 9.80 Å². The predicted octanol–water partition coefficient (Wildman–Crippen LogP) is 35.4. The van der Waals surface area contributed by atoms with E-state index in [2.05, 4.69) is 507 Å². The minimum Gasteiger partial charge on any atom is -0.455 e. The number of fused-ring (bicyclic) bond motifs is 14. The van der Waals surface area contributed by atoms with Crippen LogP contribution in [0.4, 0.5) is 34.1 Å². The molecule has 0 spiro atoms. The van der Waals surface area contributed by atoms with Gasteiger partial charge in [-0.05, 0) is 252 Å². The lowest BCUT2D eigenvalue weighted by atomic mass is 9.94. The third kappa shape index (κ3) is 14.4. The lowest BCUT2D eigenvalue weighted by molar-refractivity contribution is 0.670. The predicted molar refractivity (Wildman–Crippen MR) is 541 cm³/mol. The Morgan fingerprint density at radius 2 is 0.336 bits per heavy atom. The topological polar surface area (TPSA) is 32.8 Å². The maximum Gasteiger partial charge on any atom is 0.143 e. The van der Waals surface area contributed by atoms with Crippen LogP contribution in [0.2, 0.25) is 0 Å². The second-order valence-electron chi connectivity index (χ2n) is 33.0. The highest BCUT2D eigenvalue weighted by molar-refractivity contribution is 6.30. The molecule has 0 saturated heterocycles. The van der Waals surface area contributed by atoms with Crippen LogP contribution in [0, 0.1) is 0 Å². The van der Waals surface area contributed by atoms with Gasteiger partial charge in [-0.25, -0.2) is 0 Å². The van der Waals surface area contributed by atoms with Gasteiger partial charge in [-0.2, -0.15) is 0 Å². The van der Waals surface area contributed by atoms with Crippen molar-refractivity contribution >= 4 is 121 Å². The van der Waals surface area contributed by atoms with Crippen LogP contribution in [0.5, 0.6) is 0 Å². The third-order valence-corrected chi connectivity index (χ3v) is 25.3. The van der Waals surface area contributed by atoms with Crippen LogP contribution in [0.3, 0.4) is 0 Å². The Morgan fingerprint density at radius 3 is 0.617 bits per heavy atom. The van der Waals surface area contributed by atoms with Crippen molar-refractivity contribution < 1.29 is 8.83 Å². The number of hydrogen-bond donors (Lipinski definition) is 0. The normalized spacial score (nSPS) is 11.4. The summed E-state index contributed by atoms with van der Waals surface area (Å²) >= 11 is 0. The van der Waals surface area contributed by atoms with E-state index in [1.165, 1.54) is 143 Å². The Hall–Kier alpha value is -16.9. The quantitative estimate of drug-likeness (QED) is 0.0965. The molecule has 0 radical (unpaired) electrons. The average Bonchev–Trinajstić information content (AvgIpc) is 1.57. The molecule has 0 aliphatic rings. The zero-order valence-corrected chi connectivity index (χ0v) is 70.1. The summed E-state index contributed by atoms with van der Waals surface area (Å²) in [4.78, 5) is 4.69. The number of hydrogen-bond acceptors (Lipinski definition) is 4. The molecule has 2 heterocycles. The molecular weight excluding hydrogens is 1550 g/mol. The van der Waals surface area contributed by atoms with Crippen LogP contribution in [0.25, 0.3) is 198 Å². The summed E-state index contributed by atoms with van der Waals surface area (Å²) in [5, 5.41) is 14.3. The largest absolute Gasteiger partial charge is 0.455 e. The molecule has 0 saturated carbocycles. The van der Waals surface area contributed by atoms with E-state index in [0.29, 0.717) is 0 Å². The van der Waals surface area contributed by atoms with E-state index in [4.69, 9.17) is 8.83 Å². The van der Waals surface area contributed by atoms with Crippen LogP contribution in [0.15, 0.2) is 506 Å². The van der Waals surface area contributed by atoms with Crippen molar-refractivity contribution in [1.82, 2.24) is 0 Å². The molecule has 0 aliphatic heterocycles. The van der Waals surface area contributed by atoms with Gasteiger partial charge in [0.2, 0.25) is 0 Å². The Bertz CT molecular complexity index is 7940. The molecule has 22 aromatic carbocycles. The van der Waals surface area contributed by atoms with E-state index < -0.39 is 0 Å². The van der Waals surface area contributed by atoms with E-state index in [0.717, 1.165) is 89.5 Å². The number of rotatable bonds is 16. The van der Waals surface area contributed by atoms with Crippen molar-refractivity contribution in [3.63, 3.8) is 0 Å². The molecule has 4 nitrogen and oxygen atoms in total. The first-order valence-corrected chi connectivity index (χ1v) is 43.8. The van der Waals surface area contributed by atoms with Gasteiger partial charge in [0.05, 0.1) is 0 Å². The first-order valence-electron chi connectivity index (χ1n) is 43.8. The molecule has 0 atom stereocenters. The summed E-state index contributed by atoms with van der Waals surface area (Å²) in [5.74, 6) is 0. The van der Waals surface area contributed by atoms with Crippen molar-refractivity contribution in [2.24, 2.45) is 0 Å². The first-order chi connectivity index (χ1) is 63.4. The molecule has 2 aromatic heterocycles. The smallest absolute Gasteiger partial charge is 0.143 e. The molecular formula is C124H82N2O2. The lowest BCUT2D eigenvalue weighted by Crippen LogP contribution is -2.09. The van der Waals surface area contributed by atoms with E-state index in [9.17, 15) is 0 Å². The SMILES string of the molecule is c1ccc(-c2ccc(-c3ccc(N(c4ccc(-c5ccc(-c6ccccc6)cc5)cc4)c4ccc(-c5cc6ccccc6c6c5oc5ccc7ccccc7c56)cc4)cc3)cc2)cc1.c1ccc(-c2cccc(-c3ccc(N(c4ccc(-c5cccc(-c6ccccc6)c5)cc4)c4ccc(-c5cc6ccccc6c6c5oc5ccc7ccccc7c56)cc4)cc3)c2)cc1. The van der Waals surface area contributed by atoms with Gasteiger partial charge in [-0.1, -0.05) is 388 Å². The van der Waals surface area contributed by atoms with E-state index in [1.54, 1.807) is 0 Å². The molecule has 0 aliphatic carbocycles. The van der Waals surface area contributed by atoms with Crippen LogP contribution >= 0.6 is 0 Å². The standard InChI is InChI=1S/2C62H41NO/c1-3-13-42(14-4-1)48-19-11-21-50(39-48)44-25-32-53(33-26-44)63(54-34-27-45(28-35-54)51-22-12-20-49(40-51)43-15-5-2-6-16-43)55-36-29-47(30-37-55)58-41-52-18-8-10-24-57(52)61-60-56-23-9-7-17-46(56)31-38-59(60)64-62(58)61;1-3-11-42(12-4-1)44-19-23-46(24-20-44)48-27-34-53(35-28-48)63(54-36-29-49(30-37-54)47-25-21-45(22-26-47)43-13-5-2-6-14-43)55-38-31-51(32-39-55)58-41-52-16-8-10-18-57(52)61-60-56-17-9-7-15-50(56)33-40-59(60)64-62(58)61/h2*1-41H. The fourth-order valence-corrected chi connectivity index (χ4v) is 18.9. The van der Waals surface area contributed by atoms with Gasteiger partial charge in [-0.15, -0.1) is 0 Å². The summed E-state index contributed by atoms with van der Waals surface area (Å²) < 4.78 is 13.6. The van der Waals surface area contributed by atoms with Gasteiger partial charge >= 0.3 is 0 Å². The number of anilines is 6. The maximum atomic E-state index is 6.82. The highest BCUT2D eigenvalue weighted by Crippen LogP contribution is 2.49. The van der Waals surface area contributed by atoms with Gasteiger partial charge in [0.15, 0.2) is 0 Å². The summed E-state index contributed by atoms with van der Waals surface area (Å²) in [6.45, 7) is 0. The summed E-state index contributed by atoms with van der Waals surface area (Å²) in [7, 11) is 0. The molecule has 128 heavy (non-hydrogen) atoms. The Balaban J connectivity index is 0.000000146. The van der Waals surface area contributed by atoms with Crippen LogP contribution in [-0.4, -0.2) is 0 Å². The third-order valence-electron chi connectivity index (χ3n) is 25.3. The molecule has 600 valence electrons. The van der Waals surface area contributed by atoms with Crippen LogP contribution in [-0.2, 0) is 0 Å². The van der Waals surface area contributed by atoms with E-state index >= 15 is 0 Å². The number of furan rings is 2. The summed E-state index contributed by atoms with van der Waals surface area (Å²) in [6, 6.07) is 179.